The van der Waals surface area contributed by atoms with Crippen molar-refractivity contribution in [1.29, 1.82) is 0 Å². The number of ether oxygens (including phenoxy) is 1. The largest absolute Gasteiger partial charge is 0.496 e. The molecule has 0 aliphatic rings. The minimum Gasteiger partial charge on any atom is -0.496 e. The van der Waals surface area contributed by atoms with Gasteiger partial charge in [-0.25, -0.2) is 9.67 Å². The molecule has 10 heteroatoms. The topological polar surface area (TPSA) is 123 Å². The van der Waals surface area contributed by atoms with E-state index in [0.717, 1.165) is 16.6 Å². The van der Waals surface area contributed by atoms with E-state index in [-0.39, 0.29) is 11.9 Å². The number of pyridine rings is 1. The molecule has 10 nitrogen and oxygen atoms in total. The molecule has 3 heterocycles. The number of methoxy groups -OCH3 is 1. The van der Waals surface area contributed by atoms with Crippen molar-refractivity contribution in [2.75, 3.05) is 12.4 Å². The Balaban J connectivity index is 1.61. The number of carbonyl (C=O) groups excluding carboxylic acids is 1. The molecule has 4 aromatic rings. The molecule has 0 fully saturated rings. The van der Waals surface area contributed by atoms with Crippen LogP contribution in [0, 0.1) is 0 Å². The first-order valence-electron chi connectivity index (χ1n) is 9.41. The summed E-state index contributed by atoms with van der Waals surface area (Å²) < 4.78 is 7.06. The van der Waals surface area contributed by atoms with E-state index >= 15 is 0 Å². The van der Waals surface area contributed by atoms with E-state index in [4.69, 9.17) is 4.74 Å². The molecular weight excluding hydrogens is 384 g/mol. The second-order valence-electron chi connectivity index (χ2n) is 7.08. The highest BCUT2D eigenvalue weighted by molar-refractivity contribution is 5.97. The number of hydrogen-bond acceptors (Lipinski definition) is 7. The Labute approximate surface area is 172 Å². The van der Waals surface area contributed by atoms with E-state index in [2.05, 4.69) is 35.9 Å². The van der Waals surface area contributed by atoms with E-state index in [1.54, 1.807) is 42.3 Å². The second kappa shape index (κ2) is 7.82. The number of nitrogens with zero attached hydrogens (tertiary/aromatic N) is 5. The maximum Gasteiger partial charge on any atom is 0.255 e. The zero-order valence-electron chi connectivity index (χ0n) is 17.1. The normalized spacial score (nSPS) is 11.1. The van der Waals surface area contributed by atoms with Gasteiger partial charge in [0.05, 0.1) is 30.8 Å². The number of aromatic nitrogens is 6. The third-order valence-electron chi connectivity index (χ3n) is 4.43. The molecule has 0 saturated heterocycles. The van der Waals surface area contributed by atoms with Crippen LogP contribution < -0.4 is 15.4 Å². The molecule has 4 rings (SSSR count). The standard InChI is InChI=1S/C20H22N8O2/c1-11(2)23-19(29)15-6-5-12(8-16(15)30-4)18-25-20(28(3)27-18)24-14-7-13-9-22-26-17(13)21-10-14/h5-11H,1-4H3,(H,23,29)(H,21,22,26)(H,24,25,27). The van der Waals surface area contributed by atoms with Crippen molar-refractivity contribution >= 4 is 28.6 Å². The molecule has 1 amide bonds. The molecule has 0 unspecified atom stereocenters. The lowest BCUT2D eigenvalue weighted by atomic mass is 10.1. The fraction of sp³-hybridized carbons (Fsp3) is 0.250. The van der Waals surface area contributed by atoms with Crippen LogP contribution in [0.25, 0.3) is 22.4 Å². The monoisotopic (exact) mass is 406 g/mol. The summed E-state index contributed by atoms with van der Waals surface area (Å²) in [5, 5.41) is 18.2. The number of aryl methyl sites for hydroxylation is 1. The fourth-order valence-corrected chi connectivity index (χ4v) is 3.01. The first-order chi connectivity index (χ1) is 14.4. The summed E-state index contributed by atoms with van der Waals surface area (Å²) in [6.45, 7) is 3.82. The van der Waals surface area contributed by atoms with Gasteiger partial charge in [-0.15, -0.1) is 5.10 Å². The van der Waals surface area contributed by atoms with E-state index in [1.807, 2.05) is 19.9 Å². The number of rotatable bonds is 6. The summed E-state index contributed by atoms with van der Waals surface area (Å²) in [4.78, 5) is 21.3. The highest BCUT2D eigenvalue weighted by Crippen LogP contribution is 2.27. The zero-order chi connectivity index (χ0) is 21.3. The van der Waals surface area contributed by atoms with Crippen LogP contribution in [-0.2, 0) is 7.05 Å². The van der Waals surface area contributed by atoms with Crippen LogP contribution in [0.4, 0.5) is 11.6 Å². The van der Waals surface area contributed by atoms with E-state index in [9.17, 15) is 4.79 Å². The van der Waals surface area contributed by atoms with Gasteiger partial charge in [-0.05, 0) is 32.0 Å². The number of benzene rings is 1. The molecule has 0 bridgehead atoms. The number of carbonyl (C=O) groups is 1. The minimum absolute atomic E-state index is 0.0312. The van der Waals surface area contributed by atoms with Gasteiger partial charge in [0.2, 0.25) is 5.95 Å². The number of aromatic amines is 1. The van der Waals surface area contributed by atoms with Crippen molar-refractivity contribution in [3.8, 4) is 17.1 Å². The average molecular weight is 406 g/mol. The Hall–Kier alpha value is -3.95. The van der Waals surface area contributed by atoms with Gasteiger partial charge >= 0.3 is 0 Å². The molecule has 0 aliphatic carbocycles. The predicted molar refractivity (Wildman–Crippen MR) is 113 cm³/mol. The Morgan fingerprint density at radius 3 is 2.83 bits per heavy atom. The van der Waals surface area contributed by atoms with Gasteiger partial charge in [0.15, 0.2) is 11.5 Å². The molecule has 0 aliphatic heterocycles. The SMILES string of the molecule is COc1cc(-c2nc(Nc3cnc4[nH]ncc4c3)n(C)n2)ccc1C(=O)NC(C)C. The Kier molecular flexibility index (Phi) is 5.05. The van der Waals surface area contributed by atoms with Crippen LogP contribution >= 0.6 is 0 Å². The van der Waals surface area contributed by atoms with Gasteiger partial charge in [0.1, 0.15) is 5.75 Å². The van der Waals surface area contributed by atoms with E-state index in [0.29, 0.717) is 28.7 Å². The van der Waals surface area contributed by atoms with Crippen LogP contribution in [0.5, 0.6) is 5.75 Å². The van der Waals surface area contributed by atoms with Crippen molar-refractivity contribution in [3.63, 3.8) is 0 Å². The lowest BCUT2D eigenvalue weighted by Gasteiger charge is -2.12. The van der Waals surface area contributed by atoms with Crippen molar-refractivity contribution < 1.29 is 9.53 Å². The van der Waals surface area contributed by atoms with Crippen LogP contribution in [0.1, 0.15) is 24.2 Å². The lowest BCUT2D eigenvalue weighted by Crippen LogP contribution is -2.30. The van der Waals surface area contributed by atoms with Gasteiger partial charge < -0.3 is 15.4 Å². The van der Waals surface area contributed by atoms with Crippen molar-refractivity contribution in [1.82, 2.24) is 35.3 Å². The number of H-pyrrole nitrogens is 1. The summed E-state index contributed by atoms with van der Waals surface area (Å²) in [6.07, 6.45) is 3.40. The summed E-state index contributed by atoms with van der Waals surface area (Å²) in [5.74, 6) is 1.33. The first kappa shape index (κ1) is 19.4. The predicted octanol–water partition coefficient (Wildman–Crippen LogP) is 2.64. The number of amides is 1. The van der Waals surface area contributed by atoms with Crippen LogP contribution in [-0.4, -0.2) is 49.0 Å². The zero-order valence-corrected chi connectivity index (χ0v) is 17.1. The van der Waals surface area contributed by atoms with E-state index in [1.165, 1.54) is 7.11 Å². The first-order valence-corrected chi connectivity index (χ1v) is 9.41. The number of hydrogen-bond donors (Lipinski definition) is 3. The van der Waals surface area contributed by atoms with Gasteiger partial charge in [0, 0.05) is 24.0 Å². The highest BCUT2D eigenvalue weighted by atomic mass is 16.5. The molecule has 1 aromatic carbocycles. The van der Waals surface area contributed by atoms with Gasteiger partial charge in [-0.1, -0.05) is 6.07 Å². The van der Waals surface area contributed by atoms with Gasteiger partial charge in [-0.2, -0.15) is 10.1 Å². The third-order valence-corrected chi connectivity index (χ3v) is 4.43. The van der Waals surface area contributed by atoms with Crippen LogP contribution in [0.2, 0.25) is 0 Å². The van der Waals surface area contributed by atoms with E-state index < -0.39 is 0 Å². The van der Waals surface area contributed by atoms with Gasteiger partial charge in [-0.3, -0.25) is 9.89 Å². The molecule has 3 N–H and O–H groups in total. The molecule has 0 radical (unpaired) electrons. The molecule has 30 heavy (non-hydrogen) atoms. The quantitative estimate of drug-likeness (QED) is 0.450. The Morgan fingerprint density at radius 1 is 1.23 bits per heavy atom. The maximum atomic E-state index is 12.4. The fourth-order valence-electron chi connectivity index (χ4n) is 3.01. The van der Waals surface area contributed by atoms with Crippen LogP contribution in [0.15, 0.2) is 36.7 Å². The Morgan fingerprint density at radius 2 is 2.07 bits per heavy atom. The summed E-state index contributed by atoms with van der Waals surface area (Å²) in [6, 6.07) is 7.23. The number of fused-ring (bicyclic) bond motifs is 1. The smallest absolute Gasteiger partial charge is 0.255 e. The molecule has 154 valence electrons. The molecule has 0 atom stereocenters. The second-order valence-corrected chi connectivity index (χ2v) is 7.08. The van der Waals surface area contributed by atoms with Crippen molar-refractivity contribution in [2.24, 2.45) is 7.05 Å². The minimum atomic E-state index is -0.188. The number of nitrogens with one attached hydrogen (secondary N) is 3. The molecule has 0 saturated carbocycles. The molecule has 0 spiro atoms. The lowest BCUT2D eigenvalue weighted by molar-refractivity contribution is 0.0940. The number of anilines is 2. The highest BCUT2D eigenvalue weighted by Gasteiger charge is 2.17. The average Bonchev–Trinajstić information content (AvgIpc) is 3.33. The third kappa shape index (κ3) is 3.79. The summed E-state index contributed by atoms with van der Waals surface area (Å²) >= 11 is 0. The summed E-state index contributed by atoms with van der Waals surface area (Å²) in [5.41, 5.74) is 2.68. The van der Waals surface area contributed by atoms with Crippen molar-refractivity contribution in [3.05, 3.63) is 42.2 Å². The van der Waals surface area contributed by atoms with Gasteiger partial charge in [0.25, 0.3) is 5.91 Å². The maximum absolute atomic E-state index is 12.4. The van der Waals surface area contributed by atoms with Crippen molar-refractivity contribution in [2.45, 2.75) is 19.9 Å². The molecular formula is C20H22N8O2. The van der Waals surface area contributed by atoms with Crippen LogP contribution in [0.3, 0.4) is 0 Å². The summed E-state index contributed by atoms with van der Waals surface area (Å²) in [7, 11) is 3.33. The molecule has 3 aromatic heterocycles. The Bertz CT molecular complexity index is 1210.